The van der Waals surface area contributed by atoms with Gasteiger partial charge >= 0.3 is 0 Å². The number of hydrogen-bond acceptors (Lipinski definition) is 2. The van der Waals surface area contributed by atoms with E-state index in [-0.39, 0.29) is 24.0 Å². The highest BCUT2D eigenvalue weighted by Gasteiger charge is 2.15. The molecule has 7 heteroatoms. The molecule has 1 fully saturated rings. The van der Waals surface area contributed by atoms with E-state index in [0.29, 0.717) is 6.10 Å². The fourth-order valence-corrected chi connectivity index (χ4v) is 2.87. The van der Waals surface area contributed by atoms with Gasteiger partial charge in [0.2, 0.25) is 0 Å². The van der Waals surface area contributed by atoms with Gasteiger partial charge in [0.15, 0.2) is 5.96 Å². The maximum absolute atomic E-state index is 6.02. The van der Waals surface area contributed by atoms with Gasteiger partial charge in [0.25, 0.3) is 0 Å². The van der Waals surface area contributed by atoms with Crippen LogP contribution < -0.4 is 5.32 Å². The fraction of sp³-hybridized carbons (Fsp3) is 0.667. The Balaban J connectivity index is 0.00000242. The van der Waals surface area contributed by atoms with Crippen LogP contribution in [0.15, 0.2) is 17.3 Å². The van der Waals surface area contributed by atoms with E-state index in [1.165, 1.54) is 12.8 Å². The number of guanidine groups is 1. The minimum atomic E-state index is 0. The molecule has 0 bridgehead atoms. The lowest BCUT2D eigenvalue weighted by molar-refractivity contribution is 0.0191. The molecule has 1 unspecified atom stereocenters. The summed E-state index contributed by atoms with van der Waals surface area (Å²) in [5.74, 6) is 0.876. The van der Waals surface area contributed by atoms with Crippen LogP contribution in [0.5, 0.6) is 0 Å². The van der Waals surface area contributed by atoms with Gasteiger partial charge in [-0.2, -0.15) is 0 Å². The van der Waals surface area contributed by atoms with E-state index in [1.54, 1.807) is 7.05 Å². The van der Waals surface area contributed by atoms with Crippen LogP contribution in [0.1, 0.15) is 25.0 Å². The van der Waals surface area contributed by atoms with Crippen LogP contribution in [0, 0.1) is 0 Å². The first kappa shape index (κ1) is 19.6. The van der Waals surface area contributed by atoms with Gasteiger partial charge in [-0.25, -0.2) is 0 Å². The molecule has 1 N–H and O–H groups in total. The van der Waals surface area contributed by atoms with Crippen LogP contribution in [0.25, 0.3) is 0 Å². The van der Waals surface area contributed by atoms with Crippen LogP contribution in [0.3, 0.4) is 0 Å². The Bertz CT molecular complexity index is 486. The van der Waals surface area contributed by atoms with Gasteiger partial charge in [0.05, 0.1) is 17.7 Å². The number of nitrogens with zero attached hydrogens (tertiary/aromatic N) is 3. The lowest BCUT2D eigenvalue weighted by Gasteiger charge is -2.26. The van der Waals surface area contributed by atoms with Crippen molar-refractivity contribution in [2.45, 2.75) is 31.9 Å². The van der Waals surface area contributed by atoms with Crippen LogP contribution in [-0.4, -0.2) is 48.8 Å². The van der Waals surface area contributed by atoms with Crippen molar-refractivity contribution >= 4 is 41.5 Å². The summed E-state index contributed by atoms with van der Waals surface area (Å²) < 4.78 is 7.77. The number of aromatic nitrogens is 1. The standard InChI is InChI=1S/C15H25ClN4O.HI/c1-17-15(18-9-14-6-4-5-7-21-14)20(3)11-13-8-12(16)10-19(13)2;/h8,10,14H,4-7,9,11H2,1-3H3,(H,17,18);1H. The van der Waals surface area contributed by atoms with E-state index in [9.17, 15) is 0 Å². The van der Waals surface area contributed by atoms with Gasteiger partial charge < -0.3 is 19.5 Å². The van der Waals surface area contributed by atoms with Gasteiger partial charge in [-0.15, -0.1) is 24.0 Å². The summed E-state index contributed by atoms with van der Waals surface area (Å²) >= 11 is 6.02. The summed E-state index contributed by atoms with van der Waals surface area (Å²) in [6, 6.07) is 1.98. The van der Waals surface area contributed by atoms with Crippen molar-refractivity contribution < 1.29 is 4.74 Å². The first-order chi connectivity index (χ1) is 10.1. The Morgan fingerprint density at radius 1 is 1.55 bits per heavy atom. The number of halogens is 2. The molecule has 0 aliphatic carbocycles. The van der Waals surface area contributed by atoms with E-state index >= 15 is 0 Å². The van der Waals surface area contributed by atoms with Crippen molar-refractivity contribution in [2.75, 3.05) is 27.2 Å². The third kappa shape index (κ3) is 5.62. The molecule has 126 valence electrons. The topological polar surface area (TPSA) is 41.8 Å². The van der Waals surface area contributed by atoms with Crippen molar-refractivity contribution in [3.63, 3.8) is 0 Å². The monoisotopic (exact) mass is 440 g/mol. The van der Waals surface area contributed by atoms with Crippen LogP contribution in [0.4, 0.5) is 0 Å². The molecular weight excluding hydrogens is 415 g/mol. The number of ether oxygens (including phenoxy) is 1. The van der Waals surface area contributed by atoms with Gasteiger partial charge in [0.1, 0.15) is 0 Å². The largest absolute Gasteiger partial charge is 0.376 e. The zero-order valence-corrected chi connectivity index (χ0v) is 16.6. The summed E-state index contributed by atoms with van der Waals surface area (Å²) in [7, 11) is 5.83. The lowest BCUT2D eigenvalue weighted by atomic mass is 10.1. The normalized spacial score (nSPS) is 18.7. The molecule has 0 aromatic carbocycles. The van der Waals surface area contributed by atoms with E-state index in [2.05, 4.69) is 15.2 Å². The first-order valence-electron chi connectivity index (χ1n) is 7.44. The Kier molecular flexibility index (Phi) is 8.56. The third-order valence-electron chi connectivity index (χ3n) is 3.81. The van der Waals surface area contributed by atoms with Crippen molar-refractivity contribution in [1.29, 1.82) is 0 Å². The summed E-state index contributed by atoms with van der Waals surface area (Å²) in [4.78, 5) is 6.43. The van der Waals surface area contributed by atoms with Crippen molar-refractivity contribution in [2.24, 2.45) is 12.0 Å². The van der Waals surface area contributed by atoms with Crippen LogP contribution >= 0.6 is 35.6 Å². The van der Waals surface area contributed by atoms with E-state index in [1.807, 2.05) is 30.9 Å². The molecule has 1 saturated heterocycles. The van der Waals surface area contributed by atoms with Crippen LogP contribution in [0.2, 0.25) is 5.02 Å². The maximum Gasteiger partial charge on any atom is 0.193 e. The van der Waals surface area contributed by atoms with Gasteiger partial charge in [-0.05, 0) is 25.3 Å². The van der Waals surface area contributed by atoms with Gasteiger partial charge in [-0.1, -0.05) is 11.6 Å². The molecule has 2 heterocycles. The van der Waals surface area contributed by atoms with E-state index < -0.39 is 0 Å². The Hall–Kier alpha value is -0.470. The molecule has 1 atom stereocenters. The number of aliphatic imine (C=N–C) groups is 1. The molecular formula is C15H26ClIN4O. The maximum atomic E-state index is 6.02. The van der Waals surface area contributed by atoms with Crippen LogP contribution in [-0.2, 0) is 18.3 Å². The highest BCUT2D eigenvalue weighted by atomic mass is 127. The highest BCUT2D eigenvalue weighted by Crippen LogP contribution is 2.14. The second-order valence-electron chi connectivity index (χ2n) is 5.53. The predicted octanol–water partition coefficient (Wildman–Crippen LogP) is 2.87. The van der Waals surface area contributed by atoms with Crippen molar-refractivity contribution in [1.82, 2.24) is 14.8 Å². The molecule has 0 amide bonds. The molecule has 0 saturated carbocycles. The summed E-state index contributed by atoms with van der Waals surface area (Å²) in [6.45, 7) is 2.45. The third-order valence-corrected chi connectivity index (χ3v) is 4.02. The molecule has 5 nitrogen and oxygen atoms in total. The average molecular weight is 441 g/mol. The fourth-order valence-electron chi connectivity index (χ4n) is 2.60. The Morgan fingerprint density at radius 3 is 2.86 bits per heavy atom. The smallest absolute Gasteiger partial charge is 0.193 e. The molecule has 1 aromatic rings. The minimum absolute atomic E-state index is 0. The molecule has 0 radical (unpaired) electrons. The van der Waals surface area contributed by atoms with E-state index in [4.69, 9.17) is 16.3 Å². The molecule has 22 heavy (non-hydrogen) atoms. The van der Waals surface area contributed by atoms with Crippen molar-refractivity contribution in [3.05, 3.63) is 23.0 Å². The van der Waals surface area contributed by atoms with Crippen molar-refractivity contribution in [3.8, 4) is 0 Å². The Morgan fingerprint density at radius 2 is 2.32 bits per heavy atom. The number of rotatable bonds is 4. The van der Waals surface area contributed by atoms with Gasteiger partial charge in [0, 0.05) is 46.2 Å². The molecule has 1 aliphatic heterocycles. The number of aryl methyl sites for hydroxylation is 1. The lowest BCUT2D eigenvalue weighted by Crippen LogP contribution is -2.43. The predicted molar refractivity (Wildman–Crippen MR) is 102 cm³/mol. The molecule has 0 spiro atoms. The summed E-state index contributed by atoms with van der Waals surface area (Å²) in [5.41, 5.74) is 1.15. The average Bonchev–Trinajstić information content (AvgIpc) is 2.78. The second kappa shape index (κ2) is 9.62. The van der Waals surface area contributed by atoms with Gasteiger partial charge in [-0.3, -0.25) is 4.99 Å². The van der Waals surface area contributed by atoms with E-state index in [0.717, 1.165) is 42.8 Å². The highest BCUT2D eigenvalue weighted by molar-refractivity contribution is 14.0. The summed E-state index contributed by atoms with van der Waals surface area (Å²) in [5, 5.41) is 4.16. The Labute approximate surface area is 155 Å². The quantitative estimate of drug-likeness (QED) is 0.445. The molecule has 2 rings (SSSR count). The SMILES string of the molecule is CN=C(NCC1CCCCO1)N(C)Cc1cc(Cl)cn1C.I. The first-order valence-corrected chi connectivity index (χ1v) is 7.82. The summed E-state index contributed by atoms with van der Waals surface area (Å²) in [6.07, 6.45) is 5.77. The molecule has 1 aromatic heterocycles. The minimum Gasteiger partial charge on any atom is -0.376 e. The molecule has 1 aliphatic rings. The zero-order chi connectivity index (χ0) is 15.2. The number of nitrogens with one attached hydrogen (secondary N) is 1. The zero-order valence-electron chi connectivity index (χ0n) is 13.5. The number of hydrogen-bond donors (Lipinski definition) is 1. The second-order valence-corrected chi connectivity index (χ2v) is 5.97.